The van der Waals surface area contributed by atoms with Crippen LogP contribution in [0.5, 0.6) is 0 Å². The number of sulfonamides is 1. The van der Waals surface area contributed by atoms with Gasteiger partial charge in [-0.3, -0.25) is 4.99 Å². The van der Waals surface area contributed by atoms with Gasteiger partial charge < -0.3 is 10.6 Å². The number of benzene rings is 2. The quantitative estimate of drug-likeness (QED) is 0.173. The van der Waals surface area contributed by atoms with Crippen molar-refractivity contribution in [3.8, 4) is 0 Å². The first-order valence-electron chi connectivity index (χ1n) is 10.0. The van der Waals surface area contributed by atoms with Gasteiger partial charge >= 0.3 is 0 Å². The molecular weight excluding hydrogens is 543 g/mol. The summed E-state index contributed by atoms with van der Waals surface area (Å²) in [6.07, 6.45) is 0. The van der Waals surface area contributed by atoms with Crippen molar-refractivity contribution >= 4 is 51.7 Å². The first kappa shape index (κ1) is 27.7. The molecule has 0 saturated carbocycles. The van der Waals surface area contributed by atoms with Crippen LogP contribution in [0.4, 0.5) is 0 Å². The molecule has 0 aromatic heterocycles. The molecule has 1 atom stereocenters. The van der Waals surface area contributed by atoms with Crippen LogP contribution in [-0.4, -0.2) is 39.3 Å². The molecular formula is C22H33IN4O2S2. The van der Waals surface area contributed by atoms with Crippen molar-refractivity contribution in [3.05, 3.63) is 65.7 Å². The van der Waals surface area contributed by atoms with E-state index in [0.717, 1.165) is 23.6 Å². The second kappa shape index (κ2) is 14.0. The van der Waals surface area contributed by atoms with Gasteiger partial charge in [-0.25, -0.2) is 13.1 Å². The van der Waals surface area contributed by atoms with Crippen LogP contribution in [0.3, 0.4) is 0 Å². The number of guanidine groups is 1. The predicted molar refractivity (Wildman–Crippen MR) is 143 cm³/mol. The van der Waals surface area contributed by atoms with Crippen LogP contribution in [0, 0.1) is 0 Å². The van der Waals surface area contributed by atoms with Gasteiger partial charge in [0.25, 0.3) is 0 Å². The van der Waals surface area contributed by atoms with E-state index in [1.165, 1.54) is 4.90 Å². The first-order valence-corrected chi connectivity index (χ1v) is 12.5. The molecule has 9 heteroatoms. The average molecular weight is 577 g/mol. The second-order valence-corrected chi connectivity index (χ2v) is 10.7. The predicted octanol–water partition coefficient (Wildman–Crippen LogP) is 3.98. The smallest absolute Gasteiger partial charge is 0.216 e. The lowest BCUT2D eigenvalue weighted by molar-refractivity contribution is 0.569. The summed E-state index contributed by atoms with van der Waals surface area (Å²) in [6, 6.07) is 17.8. The molecule has 1 unspecified atom stereocenters. The Hall–Kier alpha value is -1.30. The topological polar surface area (TPSA) is 82.6 Å². The number of aliphatic imine (C=N–C) groups is 1. The van der Waals surface area contributed by atoms with Crippen molar-refractivity contribution in [3.63, 3.8) is 0 Å². The average Bonchev–Trinajstić information content (AvgIpc) is 2.68. The highest BCUT2D eigenvalue weighted by Gasteiger charge is 2.13. The number of hydrogen-bond donors (Lipinski definition) is 3. The molecule has 0 aliphatic carbocycles. The van der Waals surface area contributed by atoms with Gasteiger partial charge in [0.2, 0.25) is 10.0 Å². The van der Waals surface area contributed by atoms with Crippen LogP contribution in [-0.2, 0) is 22.3 Å². The van der Waals surface area contributed by atoms with E-state index in [2.05, 4.69) is 39.4 Å². The van der Waals surface area contributed by atoms with Crippen LogP contribution < -0.4 is 15.4 Å². The molecule has 0 radical (unpaired) electrons. The number of halogens is 1. The molecule has 0 aliphatic heterocycles. The van der Waals surface area contributed by atoms with Crippen LogP contribution in [0.2, 0.25) is 0 Å². The van der Waals surface area contributed by atoms with Crippen molar-refractivity contribution in [1.82, 2.24) is 15.4 Å². The van der Waals surface area contributed by atoms with Crippen LogP contribution >= 0.6 is 35.7 Å². The van der Waals surface area contributed by atoms with Gasteiger partial charge in [0.15, 0.2) is 5.96 Å². The van der Waals surface area contributed by atoms with Gasteiger partial charge in [-0.2, -0.15) is 0 Å². The lowest BCUT2D eigenvalue weighted by Crippen LogP contribution is -2.39. The maximum atomic E-state index is 12.0. The zero-order chi connectivity index (χ0) is 22.0. The van der Waals surface area contributed by atoms with E-state index in [1.54, 1.807) is 7.05 Å². The molecule has 0 aliphatic rings. The highest BCUT2D eigenvalue weighted by Crippen LogP contribution is 2.21. The summed E-state index contributed by atoms with van der Waals surface area (Å²) < 4.78 is 26.7. The van der Waals surface area contributed by atoms with Crippen molar-refractivity contribution in [2.24, 2.45) is 4.99 Å². The normalized spacial score (nSPS) is 12.9. The molecule has 0 bridgehead atoms. The summed E-state index contributed by atoms with van der Waals surface area (Å²) in [5.74, 6) is 0.724. The molecule has 0 saturated heterocycles. The van der Waals surface area contributed by atoms with E-state index in [1.807, 2.05) is 68.1 Å². The third kappa shape index (κ3) is 11.2. The third-order valence-corrected chi connectivity index (χ3v) is 6.77. The molecule has 2 aromatic carbocycles. The first-order chi connectivity index (χ1) is 14.3. The minimum absolute atomic E-state index is 0. The molecule has 2 aromatic rings. The Bertz CT molecular complexity index is 905. The fraction of sp³-hybridized carbons (Fsp3) is 0.409. The largest absolute Gasteiger partial charge is 0.355 e. The van der Waals surface area contributed by atoms with E-state index in [-0.39, 0.29) is 35.8 Å². The third-order valence-electron chi connectivity index (χ3n) is 4.12. The fourth-order valence-electron chi connectivity index (χ4n) is 2.79. The summed E-state index contributed by atoms with van der Waals surface area (Å²) in [6.45, 7) is 7.21. The molecule has 172 valence electrons. The zero-order valence-electron chi connectivity index (χ0n) is 18.5. The van der Waals surface area contributed by atoms with Gasteiger partial charge in [0.05, 0.1) is 5.75 Å². The van der Waals surface area contributed by atoms with Gasteiger partial charge in [-0.15, -0.1) is 35.7 Å². The summed E-state index contributed by atoms with van der Waals surface area (Å²) in [4.78, 5) is 5.52. The summed E-state index contributed by atoms with van der Waals surface area (Å²) in [5.41, 5.74) is 1.82. The Labute approximate surface area is 208 Å². The van der Waals surface area contributed by atoms with E-state index in [4.69, 9.17) is 0 Å². The maximum Gasteiger partial charge on any atom is 0.216 e. The van der Waals surface area contributed by atoms with Crippen molar-refractivity contribution < 1.29 is 8.42 Å². The highest BCUT2D eigenvalue weighted by atomic mass is 127. The molecule has 6 nitrogen and oxygen atoms in total. The number of rotatable bonds is 10. The van der Waals surface area contributed by atoms with Gasteiger partial charge in [0.1, 0.15) is 0 Å². The molecule has 3 N–H and O–H groups in total. The lowest BCUT2D eigenvalue weighted by atomic mass is 10.1. The fourth-order valence-corrected chi connectivity index (χ4v) is 5.17. The van der Waals surface area contributed by atoms with Gasteiger partial charge in [0, 0.05) is 36.3 Å². The van der Waals surface area contributed by atoms with Gasteiger partial charge in [-0.1, -0.05) is 49.4 Å². The summed E-state index contributed by atoms with van der Waals surface area (Å²) in [5, 5.41) is 7.04. The van der Waals surface area contributed by atoms with Gasteiger partial charge in [-0.05, 0) is 37.1 Å². The molecule has 2 rings (SSSR count). The van der Waals surface area contributed by atoms with E-state index in [9.17, 15) is 8.42 Å². The molecule has 0 heterocycles. The number of nitrogens with one attached hydrogen (secondary N) is 3. The van der Waals surface area contributed by atoms with Crippen molar-refractivity contribution in [1.29, 1.82) is 0 Å². The minimum Gasteiger partial charge on any atom is -0.355 e. The number of hydrogen-bond acceptors (Lipinski definition) is 4. The van der Waals surface area contributed by atoms with Crippen molar-refractivity contribution in [2.45, 2.75) is 49.3 Å². The lowest BCUT2D eigenvalue weighted by Gasteiger charge is -2.16. The molecule has 31 heavy (non-hydrogen) atoms. The number of nitrogens with zero attached hydrogens (tertiary/aromatic N) is 1. The Morgan fingerprint density at radius 1 is 0.968 bits per heavy atom. The molecule has 0 fully saturated rings. The standard InChI is InChI=1S/C22H32N4O2S2.HI/c1-17(2)26-30(27,28)16-20-12-10-19(11-13-20)15-25-22(23-4)24-14-18(3)29-21-8-6-5-7-9-21;/h5-13,17-18,26H,14-16H2,1-4H3,(H2,23,24,25);1H. The monoisotopic (exact) mass is 576 g/mol. The highest BCUT2D eigenvalue weighted by molar-refractivity contribution is 14.0. The van der Waals surface area contributed by atoms with Crippen LogP contribution in [0.15, 0.2) is 64.5 Å². The molecule has 0 spiro atoms. The van der Waals surface area contributed by atoms with Crippen molar-refractivity contribution in [2.75, 3.05) is 13.6 Å². The van der Waals surface area contributed by atoms with Crippen LogP contribution in [0.25, 0.3) is 0 Å². The van der Waals surface area contributed by atoms with E-state index in [0.29, 0.717) is 11.8 Å². The van der Waals surface area contributed by atoms with E-state index < -0.39 is 10.0 Å². The zero-order valence-corrected chi connectivity index (χ0v) is 22.4. The number of thioether (sulfide) groups is 1. The SMILES string of the molecule is CN=C(NCc1ccc(CS(=O)(=O)NC(C)C)cc1)NCC(C)Sc1ccccc1.I. The minimum atomic E-state index is -3.31. The maximum absolute atomic E-state index is 12.0. The van der Waals surface area contributed by atoms with Crippen LogP contribution in [0.1, 0.15) is 31.9 Å². The molecule has 0 amide bonds. The summed E-state index contributed by atoms with van der Waals surface area (Å²) in [7, 11) is -1.56. The Balaban J connectivity index is 0.00000480. The Morgan fingerprint density at radius 3 is 2.16 bits per heavy atom. The Kier molecular flexibility index (Phi) is 12.5. The second-order valence-electron chi connectivity index (χ2n) is 7.40. The Morgan fingerprint density at radius 2 is 1.58 bits per heavy atom. The van der Waals surface area contributed by atoms with E-state index >= 15 is 0 Å². The summed E-state index contributed by atoms with van der Waals surface area (Å²) >= 11 is 1.82.